The Labute approximate surface area is 119 Å². The number of carbonyl (C=O) groups excluding carboxylic acids is 1. The largest absolute Gasteiger partial charge is 0.355 e. The third-order valence-corrected chi connectivity index (χ3v) is 2.88. The van der Waals surface area contributed by atoms with Crippen LogP contribution in [-0.2, 0) is 17.9 Å². The molecule has 0 bridgehead atoms. The van der Waals surface area contributed by atoms with Crippen molar-refractivity contribution in [2.45, 2.75) is 20.0 Å². The van der Waals surface area contributed by atoms with Crippen molar-refractivity contribution < 1.29 is 4.79 Å². The summed E-state index contributed by atoms with van der Waals surface area (Å²) < 4.78 is 1.93. The van der Waals surface area contributed by atoms with Gasteiger partial charge in [-0.15, -0.1) is 0 Å². The first-order valence-corrected chi connectivity index (χ1v) is 6.74. The minimum absolute atomic E-state index is 0.00230. The van der Waals surface area contributed by atoms with E-state index >= 15 is 0 Å². The molecule has 0 radical (unpaired) electrons. The Morgan fingerprint density at radius 3 is 2.75 bits per heavy atom. The van der Waals surface area contributed by atoms with Gasteiger partial charge in [-0.2, -0.15) is 5.10 Å². The summed E-state index contributed by atoms with van der Waals surface area (Å²) in [6, 6.07) is 10.3. The van der Waals surface area contributed by atoms with Crippen LogP contribution in [0.1, 0.15) is 18.1 Å². The van der Waals surface area contributed by atoms with Gasteiger partial charge in [0.05, 0.1) is 12.7 Å². The predicted octanol–water partition coefficient (Wildman–Crippen LogP) is 1.16. The van der Waals surface area contributed by atoms with Gasteiger partial charge in [-0.1, -0.05) is 30.3 Å². The quantitative estimate of drug-likeness (QED) is 0.744. The lowest BCUT2D eigenvalue weighted by atomic mass is 10.2. The number of carbonyl (C=O) groups is 1. The standard InChI is InChI=1S/C15H20N4O/c1-13(20)17-8-7-16-9-15-10-18-19(12-15)11-14-5-3-2-4-6-14/h2-6,10,12,16H,7-9,11H2,1H3,(H,17,20). The van der Waals surface area contributed by atoms with Crippen molar-refractivity contribution in [1.29, 1.82) is 0 Å². The van der Waals surface area contributed by atoms with Crippen LogP contribution in [0.2, 0.25) is 0 Å². The van der Waals surface area contributed by atoms with Gasteiger partial charge in [0, 0.05) is 38.3 Å². The maximum absolute atomic E-state index is 10.7. The Bertz CT molecular complexity index is 536. The normalized spacial score (nSPS) is 10.4. The summed E-state index contributed by atoms with van der Waals surface area (Å²) in [5.41, 5.74) is 2.38. The smallest absolute Gasteiger partial charge is 0.216 e. The van der Waals surface area contributed by atoms with Gasteiger partial charge in [0.2, 0.25) is 5.91 Å². The Hall–Kier alpha value is -2.14. The fraction of sp³-hybridized carbons (Fsp3) is 0.333. The summed E-state index contributed by atoms with van der Waals surface area (Å²) in [6.45, 7) is 4.46. The van der Waals surface area contributed by atoms with E-state index in [2.05, 4.69) is 27.9 Å². The van der Waals surface area contributed by atoms with Gasteiger partial charge in [-0.25, -0.2) is 0 Å². The molecule has 20 heavy (non-hydrogen) atoms. The fourth-order valence-electron chi connectivity index (χ4n) is 1.91. The number of hydrogen-bond donors (Lipinski definition) is 2. The maximum atomic E-state index is 10.7. The maximum Gasteiger partial charge on any atom is 0.216 e. The third kappa shape index (κ3) is 4.85. The topological polar surface area (TPSA) is 59.0 Å². The number of rotatable bonds is 7. The van der Waals surface area contributed by atoms with Crippen molar-refractivity contribution in [2.24, 2.45) is 0 Å². The Kier molecular flexibility index (Phi) is 5.32. The molecule has 0 saturated carbocycles. The highest BCUT2D eigenvalue weighted by Gasteiger charge is 1.99. The first-order chi connectivity index (χ1) is 9.74. The van der Waals surface area contributed by atoms with E-state index in [1.807, 2.05) is 35.3 Å². The lowest BCUT2D eigenvalue weighted by Gasteiger charge is -2.03. The average molecular weight is 272 g/mol. The molecule has 2 rings (SSSR count). The zero-order valence-electron chi connectivity index (χ0n) is 11.7. The van der Waals surface area contributed by atoms with Crippen molar-refractivity contribution >= 4 is 5.91 Å². The highest BCUT2D eigenvalue weighted by molar-refractivity contribution is 5.72. The van der Waals surface area contributed by atoms with Crippen LogP contribution in [0.4, 0.5) is 0 Å². The minimum Gasteiger partial charge on any atom is -0.355 e. The van der Waals surface area contributed by atoms with E-state index in [1.54, 1.807) is 0 Å². The number of aromatic nitrogens is 2. The van der Waals surface area contributed by atoms with Crippen molar-refractivity contribution in [3.63, 3.8) is 0 Å². The number of benzene rings is 1. The van der Waals surface area contributed by atoms with Crippen molar-refractivity contribution in [3.8, 4) is 0 Å². The van der Waals surface area contributed by atoms with Gasteiger partial charge in [0.15, 0.2) is 0 Å². The van der Waals surface area contributed by atoms with E-state index in [0.717, 1.165) is 25.2 Å². The number of nitrogens with one attached hydrogen (secondary N) is 2. The number of amides is 1. The van der Waals surface area contributed by atoms with Gasteiger partial charge >= 0.3 is 0 Å². The molecule has 0 aliphatic heterocycles. The van der Waals surface area contributed by atoms with E-state index in [-0.39, 0.29) is 5.91 Å². The van der Waals surface area contributed by atoms with Crippen LogP contribution in [0.15, 0.2) is 42.7 Å². The molecule has 1 heterocycles. The lowest BCUT2D eigenvalue weighted by Crippen LogP contribution is -2.29. The SMILES string of the molecule is CC(=O)NCCNCc1cnn(Cc2ccccc2)c1. The van der Waals surface area contributed by atoms with Gasteiger partial charge in [-0.05, 0) is 5.56 Å². The number of hydrogen-bond acceptors (Lipinski definition) is 3. The summed E-state index contributed by atoms with van der Waals surface area (Å²) >= 11 is 0. The molecule has 1 aromatic heterocycles. The van der Waals surface area contributed by atoms with Crippen LogP contribution in [0, 0.1) is 0 Å². The zero-order valence-corrected chi connectivity index (χ0v) is 11.7. The summed E-state index contributed by atoms with van der Waals surface area (Å²) in [5.74, 6) is 0.00230. The Morgan fingerprint density at radius 2 is 2.00 bits per heavy atom. The molecule has 2 N–H and O–H groups in total. The molecule has 0 aliphatic rings. The molecule has 5 nitrogen and oxygen atoms in total. The van der Waals surface area contributed by atoms with Gasteiger partial charge in [0.25, 0.3) is 0 Å². The fourth-order valence-corrected chi connectivity index (χ4v) is 1.91. The highest BCUT2D eigenvalue weighted by Crippen LogP contribution is 2.03. The van der Waals surface area contributed by atoms with Crippen LogP contribution in [0.25, 0.3) is 0 Å². The van der Waals surface area contributed by atoms with Gasteiger partial charge in [0.1, 0.15) is 0 Å². The first-order valence-electron chi connectivity index (χ1n) is 6.74. The zero-order chi connectivity index (χ0) is 14.2. The van der Waals surface area contributed by atoms with E-state index in [4.69, 9.17) is 0 Å². The van der Waals surface area contributed by atoms with Crippen LogP contribution in [0.5, 0.6) is 0 Å². The lowest BCUT2D eigenvalue weighted by molar-refractivity contribution is -0.118. The van der Waals surface area contributed by atoms with Crippen LogP contribution < -0.4 is 10.6 Å². The summed E-state index contributed by atoms with van der Waals surface area (Å²) in [5, 5.41) is 10.4. The predicted molar refractivity (Wildman–Crippen MR) is 78.2 cm³/mol. The summed E-state index contributed by atoms with van der Waals surface area (Å²) in [6.07, 6.45) is 3.91. The average Bonchev–Trinajstić information content (AvgIpc) is 2.87. The van der Waals surface area contributed by atoms with E-state index in [1.165, 1.54) is 12.5 Å². The van der Waals surface area contributed by atoms with Crippen molar-refractivity contribution in [3.05, 3.63) is 53.9 Å². The second kappa shape index (κ2) is 7.45. The highest BCUT2D eigenvalue weighted by atomic mass is 16.1. The van der Waals surface area contributed by atoms with E-state index in [0.29, 0.717) is 6.54 Å². The molecule has 0 atom stereocenters. The molecule has 0 saturated heterocycles. The molecule has 1 amide bonds. The monoisotopic (exact) mass is 272 g/mol. The van der Waals surface area contributed by atoms with Crippen LogP contribution in [-0.4, -0.2) is 28.8 Å². The first kappa shape index (κ1) is 14.3. The molecule has 2 aromatic rings. The molecule has 106 valence electrons. The Morgan fingerprint density at radius 1 is 1.20 bits per heavy atom. The summed E-state index contributed by atoms with van der Waals surface area (Å²) in [7, 11) is 0. The van der Waals surface area contributed by atoms with Crippen molar-refractivity contribution in [1.82, 2.24) is 20.4 Å². The second-order valence-corrected chi connectivity index (χ2v) is 4.69. The molecular formula is C15H20N4O. The minimum atomic E-state index is 0.00230. The molecule has 0 aliphatic carbocycles. The van der Waals surface area contributed by atoms with Crippen molar-refractivity contribution in [2.75, 3.05) is 13.1 Å². The molecule has 1 aromatic carbocycles. The van der Waals surface area contributed by atoms with Crippen LogP contribution in [0.3, 0.4) is 0 Å². The molecule has 0 fully saturated rings. The van der Waals surface area contributed by atoms with Gasteiger partial charge < -0.3 is 10.6 Å². The summed E-state index contributed by atoms with van der Waals surface area (Å²) in [4.78, 5) is 10.7. The molecule has 0 spiro atoms. The van der Waals surface area contributed by atoms with E-state index in [9.17, 15) is 4.79 Å². The molecule has 0 unspecified atom stereocenters. The molecule has 5 heteroatoms. The molecular weight excluding hydrogens is 252 g/mol. The van der Waals surface area contributed by atoms with E-state index < -0.39 is 0 Å². The third-order valence-electron chi connectivity index (χ3n) is 2.88. The van der Waals surface area contributed by atoms with Gasteiger partial charge in [-0.3, -0.25) is 9.48 Å². The number of nitrogens with zero attached hydrogens (tertiary/aromatic N) is 2. The second-order valence-electron chi connectivity index (χ2n) is 4.69. The van der Waals surface area contributed by atoms with Crippen LogP contribution >= 0.6 is 0 Å². The Balaban J connectivity index is 1.73.